The van der Waals surface area contributed by atoms with Crippen LogP contribution in [0.5, 0.6) is 5.88 Å². The van der Waals surface area contributed by atoms with Gasteiger partial charge < -0.3 is 4.74 Å². The van der Waals surface area contributed by atoms with E-state index >= 15 is 0 Å². The second-order valence-corrected chi connectivity index (χ2v) is 8.59. The molecule has 0 N–H and O–H groups in total. The number of aromatic nitrogens is 3. The Balaban J connectivity index is 1.52. The van der Waals surface area contributed by atoms with Crippen LogP contribution < -0.4 is 4.74 Å². The maximum absolute atomic E-state index is 5.81. The van der Waals surface area contributed by atoms with Crippen LogP contribution in [0.2, 0.25) is 0 Å². The van der Waals surface area contributed by atoms with Crippen molar-refractivity contribution in [2.75, 3.05) is 6.61 Å². The second-order valence-electron chi connectivity index (χ2n) is 7.70. The molecular weight excluding hydrogens is 402 g/mol. The minimum absolute atomic E-state index is 0.497. The summed E-state index contributed by atoms with van der Waals surface area (Å²) in [5, 5.41) is 3.39. The molecule has 2 aromatic carbocycles. The Bertz CT molecular complexity index is 1200. The van der Waals surface area contributed by atoms with E-state index in [1.54, 1.807) is 11.3 Å². The molecule has 31 heavy (non-hydrogen) atoms. The molecule has 4 nitrogen and oxygen atoms in total. The lowest BCUT2D eigenvalue weighted by atomic mass is 10.1. The Morgan fingerprint density at radius 1 is 1.00 bits per heavy atom. The van der Waals surface area contributed by atoms with E-state index in [0.717, 1.165) is 40.7 Å². The van der Waals surface area contributed by atoms with Crippen molar-refractivity contribution in [3.05, 3.63) is 76.3 Å². The summed E-state index contributed by atoms with van der Waals surface area (Å²) < 4.78 is 5.81. The summed E-state index contributed by atoms with van der Waals surface area (Å²) in [6.45, 7) is 6.89. The Morgan fingerprint density at radius 3 is 2.55 bits per heavy atom. The number of allylic oxidation sites excluding steroid dienone is 1. The first-order valence-corrected chi connectivity index (χ1v) is 11.6. The molecule has 0 saturated carbocycles. The van der Waals surface area contributed by atoms with Gasteiger partial charge in [-0.25, -0.2) is 15.0 Å². The summed E-state index contributed by atoms with van der Waals surface area (Å²) in [7, 11) is 0. The van der Waals surface area contributed by atoms with E-state index in [0.29, 0.717) is 18.4 Å². The fourth-order valence-corrected chi connectivity index (χ4v) is 4.22. The molecule has 0 aliphatic rings. The van der Waals surface area contributed by atoms with E-state index in [1.165, 1.54) is 10.7 Å². The second kappa shape index (κ2) is 9.84. The number of nitrogens with zero attached hydrogens (tertiary/aromatic N) is 3. The SMILES string of the molecule is CCOc1nc2ccccc2nc1-c1cccc(/C=C/CCc2csc(C(C)C)n2)c1. The molecule has 0 fully saturated rings. The van der Waals surface area contributed by atoms with Crippen LogP contribution in [0.1, 0.15) is 49.4 Å². The number of aryl methyl sites for hydroxylation is 1. The maximum atomic E-state index is 5.81. The Labute approximate surface area is 187 Å². The van der Waals surface area contributed by atoms with Crippen LogP contribution in [-0.2, 0) is 6.42 Å². The van der Waals surface area contributed by atoms with E-state index < -0.39 is 0 Å². The number of hydrogen-bond acceptors (Lipinski definition) is 5. The molecule has 2 heterocycles. The van der Waals surface area contributed by atoms with E-state index in [-0.39, 0.29) is 0 Å². The summed E-state index contributed by atoms with van der Waals surface area (Å²) in [6.07, 6.45) is 6.30. The number of ether oxygens (including phenoxy) is 1. The molecule has 0 aliphatic carbocycles. The van der Waals surface area contributed by atoms with Crippen LogP contribution in [0.3, 0.4) is 0 Å². The number of fused-ring (bicyclic) bond motifs is 1. The number of thiazole rings is 1. The molecule has 4 aromatic rings. The van der Waals surface area contributed by atoms with Crippen LogP contribution in [-0.4, -0.2) is 21.6 Å². The van der Waals surface area contributed by atoms with Crippen molar-refractivity contribution in [3.63, 3.8) is 0 Å². The lowest BCUT2D eigenvalue weighted by molar-refractivity contribution is 0.328. The van der Waals surface area contributed by atoms with Crippen molar-refractivity contribution in [1.29, 1.82) is 0 Å². The fraction of sp³-hybridized carbons (Fsp3) is 0.269. The van der Waals surface area contributed by atoms with Crippen molar-refractivity contribution < 1.29 is 4.74 Å². The molecular formula is C26H27N3OS. The highest BCUT2D eigenvalue weighted by Gasteiger charge is 2.12. The van der Waals surface area contributed by atoms with Gasteiger partial charge >= 0.3 is 0 Å². The molecule has 158 valence electrons. The predicted octanol–water partition coefficient (Wildman–Crippen LogP) is 6.92. The molecule has 0 atom stereocenters. The monoisotopic (exact) mass is 429 g/mol. The average molecular weight is 430 g/mol. The van der Waals surface area contributed by atoms with Gasteiger partial charge in [-0.15, -0.1) is 11.3 Å². The van der Waals surface area contributed by atoms with Gasteiger partial charge in [0.05, 0.1) is 28.3 Å². The van der Waals surface area contributed by atoms with E-state index in [1.807, 2.05) is 31.2 Å². The smallest absolute Gasteiger partial charge is 0.241 e. The Morgan fingerprint density at radius 2 is 1.81 bits per heavy atom. The van der Waals surface area contributed by atoms with Gasteiger partial charge in [-0.2, -0.15) is 0 Å². The third kappa shape index (κ3) is 5.17. The van der Waals surface area contributed by atoms with Crippen molar-refractivity contribution in [1.82, 2.24) is 15.0 Å². The molecule has 4 rings (SSSR count). The first kappa shape index (κ1) is 21.2. The predicted molar refractivity (Wildman–Crippen MR) is 130 cm³/mol. The van der Waals surface area contributed by atoms with Crippen LogP contribution in [0.4, 0.5) is 0 Å². The highest BCUT2D eigenvalue weighted by atomic mass is 32.1. The zero-order valence-electron chi connectivity index (χ0n) is 18.2. The lowest BCUT2D eigenvalue weighted by Crippen LogP contribution is -2.00. The molecule has 0 amide bonds. The molecule has 0 unspecified atom stereocenters. The van der Waals surface area contributed by atoms with Gasteiger partial charge in [-0.3, -0.25) is 0 Å². The topological polar surface area (TPSA) is 47.9 Å². The van der Waals surface area contributed by atoms with Gasteiger partial charge in [0, 0.05) is 16.9 Å². The summed E-state index contributed by atoms with van der Waals surface area (Å²) in [5.41, 5.74) is 5.81. The highest BCUT2D eigenvalue weighted by molar-refractivity contribution is 7.09. The van der Waals surface area contributed by atoms with E-state index in [4.69, 9.17) is 14.7 Å². The van der Waals surface area contributed by atoms with Gasteiger partial charge in [0.15, 0.2) is 0 Å². The molecule has 0 aliphatic heterocycles. The van der Waals surface area contributed by atoms with Gasteiger partial charge in [0.1, 0.15) is 5.69 Å². The highest BCUT2D eigenvalue weighted by Crippen LogP contribution is 2.29. The quantitative estimate of drug-likeness (QED) is 0.305. The molecule has 0 bridgehead atoms. The minimum atomic E-state index is 0.497. The van der Waals surface area contributed by atoms with Crippen molar-refractivity contribution in [3.8, 4) is 17.1 Å². The summed E-state index contributed by atoms with van der Waals surface area (Å²) in [6, 6.07) is 16.2. The average Bonchev–Trinajstić information content (AvgIpc) is 3.26. The van der Waals surface area contributed by atoms with Crippen LogP contribution in [0.15, 0.2) is 60.0 Å². The summed E-state index contributed by atoms with van der Waals surface area (Å²) in [4.78, 5) is 14.2. The normalized spacial score (nSPS) is 11.6. The zero-order chi connectivity index (χ0) is 21.6. The number of rotatable bonds is 8. The molecule has 0 spiro atoms. The van der Waals surface area contributed by atoms with Gasteiger partial charge in [-0.1, -0.05) is 56.3 Å². The lowest BCUT2D eigenvalue weighted by Gasteiger charge is -2.10. The third-order valence-electron chi connectivity index (χ3n) is 4.92. The van der Waals surface area contributed by atoms with Crippen molar-refractivity contribution in [2.24, 2.45) is 0 Å². The first-order valence-electron chi connectivity index (χ1n) is 10.7. The summed E-state index contributed by atoms with van der Waals surface area (Å²) in [5.74, 6) is 1.07. The van der Waals surface area contributed by atoms with Crippen molar-refractivity contribution >= 4 is 28.4 Å². The molecule has 2 aromatic heterocycles. The number of para-hydroxylation sites is 2. The Kier molecular flexibility index (Phi) is 6.73. The standard InChI is InChI=1S/C26H27N3OS/c1-4-30-25-24(28-22-14-7-8-15-23(22)29-25)20-12-9-11-19(16-20)10-5-6-13-21-17-31-26(27-21)18(2)3/h5,7-12,14-18H,4,6,13H2,1-3H3/b10-5+. The van der Waals surface area contributed by atoms with Crippen LogP contribution in [0, 0.1) is 0 Å². The third-order valence-corrected chi connectivity index (χ3v) is 6.11. The largest absolute Gasteiger partial charge is 0.476 e. The molecule has 0 saturated heterocycles. The summed E-state index contributed by atoms with van der Waals surface area (Å²) >= 11 is 1.76. The first-order chi connectivity index (χ1) is 15.1. The van der Waals surface area contributed by atoms with Crippen LogP contribution >= 0.6 is 11.3 Å². The molecule has 5 heteroatoms. The number of benzene rings is 2. The number of hydrogen-bond donors (Lipinski definition) is 0. The van der Waals surface area contributed by atoms with Gasteiger partial charge in [0.2, 0.25) is 5.88 Å². The van der Waals surface area contributed by atoms with Crippen molar-refractivity contribution in [2.45, 2.75) is 39.5 Å². The van der Waals surface area contributed by atoms with E-state index in [2.05, 4.69) is 60.6 Å². The fourth-order valence-electron chi connectivity index (χ4n) is 3.35. The van der Waals surface area contributed by atoms with Gasteiger partial charge in [0.25, 0.3) is 0 Å². The van der Waals surface area contributed by atoms with E-state index in [9.17, 15) is 0 Å². The van der Waals surface area contributed by atoms with Crippen LogP contribution in [0.25, 0.3) is 28.4 Å². The Hall–Kier alpha value is -3.05. The molecule has 0 radical (unpaired) electrons. The maximum Gasteiger partial charge on any atom is 0.241 e. The van der Waals surface area contributed by atoms with Gasteiger partial charge in [-0.05, 0) is 43.5 Å². The minimum Gasteiger partial charge on any atom is -0.476 e. The zero-order valence-corrected chi connectivity index (χ0v) is 19.0.